The van der Waals surface area contributed by atoms with Gasteiger partial charge in [0.25, 0.3) is 0 Å². The van der Waals surface area contributed by atoms with Crippen molar-refractivity contribution < 1.29 is 13.5 Å². The van der Waals surface area contributed by atoms with Crippen LogP contribution in [0, 0.1) is 0 Å². The molecule has 0 amide bonds. The first kappa shape index (κ1) is 12.2. The molecule has 0 spiro atoms. The highest BCUT2D eigenvalue weighted by Gasteiger charge is 2.15. The summed E-state index contributed by atoms with van der Waals surface area (Å²) in [6, 6.07) is 6.08. The van der Waals surface area contributed by atoms with E-state index in [9.17, 15) is 8.42 Å². The molecule has 4 nitrogen and oxygen atoms in total. The number of hydrogen-bond donors (Lipinski definition) is 2. The van der Waals surface area contributed by atoms with Gasteiger partial charge < -0.3 is 5.11 Å². The molecule has 0 unspecified atom stereocenters. The van der Waals surface area contributed by atoms with Crippen LogP contribution >= 0.6 is 0 Å². The molecule has 1 aromatic rings. The molecule has 0 radical (unpaired) electrons. The standard InChI is InChI=1S/C9H14BNO3S/c1-7(6-12)11-15(13,14)9-4-2-8(10)3-5-9/h2-5,7,11-12H,6,10H2,1H3/t7-/m0/s1. The Bertz CT molecular complexity index is 415. The van der Waals surface area contributed by atoms with Gasteiger partial charge in [-0.05, 0) is 19.1 Å². The van der Waals surface area contributed by atoms with Crippen molar-refractivity contribution in [2.75, 3.05) is 6.61 Å². The predicted octanol–water partition coefficient (Wildman–Crippen LogP) is -1.40. The maximum absolute atomic E-state index is 11.7. The van der Waals surface area contributed by atoms with Crippen molar-refractivity contribution in [2.45, 2.75) is 17.9 Å². The Labute approximate surface area is 90.8 Å². The highest BCUT2D eigenvalue weighted by molar-refractivity contribution is 7.89. The van der Waals surface area contributed by atoms with E-state index in [0.717, 1.165) is 5.46 Å². The molecule has 0 aromatic heterocycles. The summed E-state index contributed by atoms with van der Waals surface area (Å²) in [5.41, 5.74) is 1.00. The monoisotopic (exact) mass is 227 g/mol. The number of benzene rings is 1. The van der Waals surface area contributed by atoms with Crippen LogP contribution in [0.1, 0.15) is 6.92 Å². The molecule has 82 valence electrons. The topological polar surface area (TPSA) is 66.4 Å². The Hall–Kier alpha value is -0.845. The van der Waals surface area contributed by atoms with Crippen LogP contribution < -0.4 is 10.2 Å². The van der Waals surface area contributed by atoms with Gasteiger partial charge in [0.05, 0.1) is 11.5 Å². The Morgan fingerprint density at radius 2 is 1.93 bits per heavy atom. The van der Waals surface area contributed by atoms with E-state index in [1.807, 2.05) is 7.85 Å². The summed E-state index contributed by atoms with van der Waals surface area (Å²) in [4.78, 5) is 0.216. The average Bonchev–Trinajstić information content (AvgIpc) is 2.17. The molecule has 1 rings (SSSR count). The summed E-state index contributed by atoms with van der Waals surface area (Å²) in [6.45, 7) is 1.39. The van der Waals surface area contributed by atoms with E-state index in [1.165, 1.54) is 0 Å². The normalized spacial score (nSPS) is 13.7. The van der Waals surface area contributed by atoms with Crippen LogP contribution in [-0.2, 0) is 10.0 Å². The third-order valence-electron chi connectivity index (χ3n) is 1.96. The van der Waals surface area contributed by atoms with Gasteiger partial charge in [-0.1, -0.05) is 17.6 Å². The third kappa shape index (κ3) is 3.33. The molecule has 1 aromatic carbocycles. The van der Waals surface area contributed by atoms with Crippen LogP contribution in [0.4, 0.5) is 0 Å². The minimum Gasteiger partial charge on any atom is -0.395 e. The molecule has 1 atom stereocenters. The number of rotatable bonds is 4. The lowest BCUT2D eigenvalue weighted by Gasteiger charge is -2.11. The first-order chi connectivity index (χ1) is 6.95. The smallest absolute Gasteiger partial charge is 0.240 e. The van der Waals surface area contributed by atoms with E-state index < -0.39 is 16.1 Å². The zero-order valence-electron chi connectivity index (χ0n) is 8.77. The van der Waals surface area contributed by atoms with E-state index in [4.69, 9.17) is 5.11 Å². The summed E-state index contributed by atoms with van der Waals surface area (Å²) in [6.07, 6.45) is 0. The molecular weight excluding hydrogens is 213 g/mol. The van der Waals surface area contributed by atoms with Crippen LogP contribution in [-0.4, -0.2) is 34.0 Å². The van der Waals surface area contributed by atoms with Crippen LogP contribution in [0.3, 0.4) is 0 Å². The van der Waals surface area contributed by atoms with Crippen LogP contribution in [0.5, 0.6) is 0 Å². The second-order valence-corrected chi connectivity index (χ2v) is 5.23. The lowest BCUT2D eigenvalue weighted by molar-refractivity contribution is 0.265. The molecule has 0 saturated carbocycles. The number of hydrogen-bond acceptors (Lipinski definition) is 3. The van der Waals surface area contributed by atoms with Crippen molar-refractivity contribution in [3.63, 3.8) is 0 Å². The van der Waals surface area contributed by atoms with Gasteiger partial charge in [0, 0.05) is 6.04 Å². The lowest BCUT2D eigenvalue weighted by Crippen LogP contribution is -2.35. The molecule has 0 heterocycles. The van der Waals surface area contributed by atoms with E-state index in [0.29, 0.717) is 0 Å². The molecule has 0 aliphatic rings. The molecule has 0 saturated heterocycles. The Kier molecular flexibility index (Phi) is 3.90. The molecule has 2 N–H and O–H groups in total. The third-order valence-corrected chi connectivity index (χ3v) is 3.57. The van der Waals surface area contributed by atoms with Gasteiger partial charge in [-0.25, -0.2) is 13.1 Å². The van der Waals surface area contributed by atoms with Crippen LogP contribution in [0.2, 0.25) is 0 Å². The summed E-state index contributed by atoms with van der Waals surface area (Å²) >= 11 is 0. The summed E-state index contributed by atoms with van der Waals surface area (Å²) in [5.74, 6) is 0. The van der Waals surface area contributed by atoms with E-state index in [-0.39, 0.29) is 11.5 Å². The van der Waals surface area contributed by atoms with Gasteiger partial charge in [-0.15, -0.1) is 0 Å². The van der Waals surface area contributed by atoms with Crippen LogP contribution in [0.25, 0.3) is 0 Å². The summed E-state index contributed by atoms with van der Waals surface area (Å²) in [7, 11) is -1.61. The maximum atomic E-state index is 11.7. The fourth-order valence-corrected chi connectivity index (χ4v) is 2.32. The molecular formula is C9H14BNO3S. The van der Waals surface area contributed by atoms with Gasteiger partial charge in [0.15, 0.2) is 0 Å². The Morgan fingerprint density at radius 3 is 2.40 bits per heavy atom. The maximum Gasteiger partial charge on any atom is 0.240 e. The lowest BCUT2D eigenvalue weighted by atomic mass is 9.97. The second kappa shape index (κ2) is 4.78. The minimum absolute atomic E-state index is 0.216. The quantitative estimate of drug-likeness (QED) is 0.622. The summed E-state index contributed by atoms with van der Waals surface area (Å²) < 4.78 is 25.7. The zero-order chi connectivity index (χ0) is 11.5. The van der Waals surface area contributed by atoms with Crippen molar-refractivity contribution in [3.8, 4) is 0 Å². The first-order valence-electron chi connectivity index (χ1n) is 4.65. The number of nitrogens with one attached hydrogen (secondary N) is 1. The van der Waals surface area contributed by atoms with Gasteiger partial charge in [0.2, 0.25) is 10.0 Å². The van der Waals surface area contributed by atoms with Crippen molar-refractivity contribution >= 4 is 23.3 Å². The van der Waals surface area contributed by atoms with Crippen molar-refractivity contribution in [1.82, 2.24) is 4.72 Å². The van der Waals surface area contributed by atoms with Crippen LogP contribution in [0.15, 0.2) is 29.2 Å². The number of aliphatic hydroxyl groups excluding tert-OH is 1. The fraction of sp³-hybridized carbons (Fsp3) is 0.333. The van der Waals surface area contributed by atoms with Gasteiger partial charge >= 0.3 is 0 Å². The van der Waals surface area contributed by atoms with Crippen molar-refractivity contribution in [1.29, 1.82) is 0 Å². The van der Waals surface area contributed by atoms with E-state index >= 15 is 0 Å². The van der Waals surface area contributed by atoms with Gasteiger partial charge in [0.1, 0.15) is 7.85 Å². The van der Waals surface area contributed by atoms with E-state index in [1.54, 1.807) is 31.2 Å². The minimum atomic E-state index is -3.50. The molecule has 0 aliphatic heterocycles. The molecule has 0 fully saturated rings. The summed E-state index contributed by atoms with van der Waals surface area (Å²) in [5, 5.41) is 8.76. The molecule has 0 bridgehead atoms. The highest BCUT2D eigenvalue weighted by Crippen LogP contribution is 2.06. The SMILES string of the molecule is Bc1ccc(S(=O)(=O)N[C@@H](C)CO)cc1. The van der Waals surface area contributed by atoms with E-state index in [2.05, 4.69) is 4.72 Å². The highest BCUT2D eigenvalue weighted by atomic mass is 32.2. The Morgan fingerprint density at radius 1 is 1.40 bits per heavy atom. The fourth-order valence-electron chi connectivity index (χ4n) is 1.09. The molecule has 0 aliphatic carbocycles. The van der Waals surface area contributed by atoms with Gasteiger partial charge in [-0.2, -0.15) is 0 Å². The van der Waals surface area contributed by atoms with Crippen molar-refractivity contribution in [3.05, 3.63) is 24.3 Å². The average molecular weight is 227 g/mol. The number of aliphatic hydroxyl groups is 1. The predicted molar refractivity (Wildman–Crippen MR) is 61.5 cm³/mol. The van der Waals surface area contributed by atoms with Crippen molar-refractivity contribution in [2.24, 2.45) is 0 Å². The zero-order valence-corrected chi connectivity index (χ0v) is 9.58. The molecule has 6 heteroatoms. The largest absolute Gasteiger partial charge is 0.395 e. The molecule has 15 heavy (non-hydrogen) atoms. The van der Waals surface area contributed by atoms with Gasteiger partial charge in [-0.3, -0.25) is 0 Å². The second-order valence-electron chi connectivity index (χ2n) is 3.52. The first-order valence-corrected chi connectivity index (χ1v) is 6.14. The Balaban J connectivity index is 2.91. The number of sulfonamides is 1.